The second-order valence-electron chi connectivity index (χ2n) is 4.06. The molecule has 0 aliphatic carbocycles. The van der Waals surface area contributed by atoms with Crippen LogP contribution in [0.2, 0.25) is 0 Å². The average molecular weight is 255 g/mol. The molecule has 2 heterocycles. The monoisotopic (exact) mass is 255 g/mol. The Labute approximate surface area is 99.5 Å². The lowest BCUT2D eigenvalue weighted by atomic mass is 10.3. The number of primary sulfonamides is 1. The van der Waals surface area contributed by atoms with Crippen molar-refractivity contribution in [2.24, 2.45) is 5.14 Å². The number of hydrogen-bond acceptors (Lipinski definition) is 4. The van der Waals surface area contributed by atoms with Gasteiger partial charge in [0.15, 0.2) is 0 Å². The summed E-state index contributed by atoms with van der Waals surface area (Å²) in [7, 11) is -3.68. The Morgan fingerprint density at radius 1 is 1.53 bits per heavy atom. The van der Waals surface area contributed by atoms with Crippen molar-refractivity contribution >= 4 is 21.7 Å². The van der Waals surface area contributed by atoms with Crippen LogP contribution in [-0.4, -0.2) is 31.1 Å². The van der Waals surface area contributed by atoms with E-state index in [1.165, 1.54) is 4.90 Å². The fourth-order valence-corrected chi connectivity index (χ4v) is 2.59. The van der Waals surface area contributed by atoms with Crippen LogP contribution in [0.25, 0.3) is 0 Å². The van der Waals surface area contributed by atoms with Crippen molar-refractivity contribution in [1.82, 2.24) is 4.98 Å². The second-order valence-corrected chi connectivity index (χ2v) is 5.91. The summed E-state index contributed by atoms with van der Waals surface area (Å²) in [4.78, 5) is 17.2. The minimum Gasteiger partial charge on any atom is -0.295 e. The molecule has 1 aromatic heterocycles. The SMILES string of the molecule is Cc1cccnc1N1CC(S(N)(=O)=O)CC1=O. The van der Waals surface area contributed by atoms with Gasteiger partial charge in [-0.1, -0.05) is 6.07 Å². The molecular weight excluding hydrogens is 242 g/mol. The summed E-state index contributed by atoms with van der Waals surface area (Å²) in [6.45, 7) is 1.90. The minimum absolute atomic E-state index is 0.0746. The van der Waals surface area contributed by atoms with Gasteiger partial charge in [-0.25, -0.2) is 18.5 Å². The highest BCUT2D eigenvalue weighted by molar-refractivity contribution is 7.89. The van der Waals surface area contributed by atoms with Gasteiger partial charge in [0.25, 0.3) is 0 Å². The van der Waals surface area contributed by atoms with Crippen molar-refractivity contribution in [3.63, 3.8) is 0 Å². The number of sulfonamides is 1. The van der Waals surface area contributed by atoms with E-state index in [-0.39, 0.29) is 18.9 Å². The number of aryl methyl sites for hydroxylation is 1. The standard InChI is InChI=1S/C10H13N3O3S/c1-7-3-2-4-12-10(7)13-6-8(5-9(13)14)17(11,15)16/h2-4,8H,5-6H2,1H3,(H2,11,15,16). The van der Waals surface area contributed by atoms with E-state index in [0.717, 1.165) is 5.56 Å². The van der Waals surface area contributed by atoms with Crippen LogP contribution in [0.4, 0.5) is 5.82 Å². The molecule has 1 atom stereocenters. The summed E-state index contributed by atoms with van der Waals surface area (Å²) in [5.74, 6) is 0.245. The lowest BCUT2D eigenvalue weighted by molar-refractivity contribution is -0.117. The Hall–Kier alpha value is -1.47. The fraction of sp³-hybridized carbons (Fsp3) is 0.400. The molecule has 1 fully saturated rings. The van der Waals surface area contributed by atoms with Gasteiger partial charge in [0.2, 0.25) is 15.9 Å². The van der Waals surface area contributed by atoms with Gasteiger partial charge in [-0.3, -0.25) is 9.69 Å². The Kier molecular flexibility index (Phi) is 2.88. The van der Waals surface area contributed by atoms with Crippen LogP contribution in [-0.2, 0) is 14.8 Å². The topological polar surface area (TPSA) is 93.4 Å². The zero-order chi connectivity index (χ0) is 12.6. The third-order valence-electron chi connectivity index (χ3n) is 2.79. The lowest BCUT2D eigenvalue weighted by Crippen LogP contribution is -2.32. The van der Waals surface area contributed by atoms with Crippen molar-refractivity contribution in [3.05, 3.63) is 23.9 Å². The fourth-order valence-electron chi connectivity index (χ4n) is 1.86. The van der Waals surface area contributed by atoms with E-state index in [9.17, 15) is 13.2 Å². The molecule has 6 nitrogen and oxygen atoms in total. The Morgan fingerprint density at radius 3 is 2.76 bits per heavy atom. The first kappa shape index (κ1) is 12.0. The summed E-state index contributed by atoms with van der Waals surface area (Å²) >= 11 is 0. The summed E-state index contributed by atoms with van der Waals surface area (Å²) in [6.07, 6.45) is 1.49. The number of carbonyl (C=O) groups is 1. The van der Waals surface area contributed by atoms with E-state index < -0.39 is 15.3 Å². The largest absolute Gasteiger partial charge is 0.295 e. The van der Waals surface area contributed by atoms with Gasteiger partial charge in [0.05, 0.1) is 0 Å². The van der Waals surface area contributed by atoms with Gasteiger partial charge in [-0.15, -0.1) is 0 Å². The molecule has 1 saturated heterocycles. The number of nitrogens with zero attached hydrogens (tertiary/aromatic N) is 2. The maximum absolute atomic E-state index is 11.7. The van der Waals surface area contributed by atoms with Crippen molar-refractivity contribution < 1.29 is 13.2 Å². The first-order chi connectivity index (χ1) is 7.89. The number of carbonyl (C=O) groups excluding carboxylic acids is 1. The number of rotatable bonds is 2. The zero-order valence-corrected chi connectivity index (χ0v) is 10.1. The maximum atomic E-state index is 11.7. The van der Waals surface area contributed by atoms with Gasteiger partial charge in [0, 0.05) is 19.2 Å². The van der Waals surface area contributed by atoms with Gasteiger partial charge < -0.3 is 0 Å². The van der Waals surface area contributed by atoms with Crippen LogP contribution in [0.1, 0.15) is 12.0 Å². The Bertz CT molecular complexity index is 556. The van der Waals surface area contributed by atoms with E-state index in [1.54, 1.807) is 12.3 Å². The predicted octanol–water partition coefficient (Wildman–Crippen LogP) is -0.216. The molecule has 0 saturated carbocycles. The molecule has 0 aromatic carbocycles. The molecule has 1 aromatic rings. The molecule has 0 spiro atoms. The summed E-state index contributed by atoms with van der Waals surface area (Å²) < 4.78 is 22.4. The van der Waals surface area contributed by atoms with E-state index in [1.807, 2.05) is 13.0 Å². The molecule has 2 N–H and O–H groups in total. The van der Waals surface area contributed by atoms with E-state index in [0.29, 0.717) is 5.82 Å². The van der Waals surface area contributed by atoms with Gasteiger partial charge >= 0.3 is 0 Å². The Morgan fingerprint density at radius 2 is 2.24 bits per heavy atom. The third-order valence-corrected chi connectivity index (χ3v) is 4.04. The van der Waals surface area contributed by atoms with E-state index >= 15 is 0 Å². The molecule has 0 bridgehead atoms. The van der Waals surface area contributed by atoms with Crippen molar-refractivity contribution in [1.29, 1.82) is 0 Å². The van der Waals surface area contributed by atoms with E-state index in [4.69, 9.17) is 5.14 Å². The van der Waals surface area contributed by atoms with Crippen molar-refractivity contribution in [2.75, 3.05) is 11.4 Å². The van der Waals surface area contributed by atoms with Crippen LogP contribution in [0.5, 0.6) is 0 Å². The second kappa shape index (κ2) is 4.08. The number of amides is 1. The molecule has 1 aliphatic heterocycles. The lowest BCUT2D eigenvalue weighted by Gasteiger charge is -2.16. The average Bonchev–Trinajstić information content (AvgIpc) is 2.61. The van der Waals surface area contributed by atoms with E-state index in [2.05, 4.69) is 4.98 Å². The van der Waals surface area contributed by atoms with Crippen molar-refractivity contribution in [3.8, 4) is 0 Å². The number of anilines is 1. The summed E-state index contributed by atoms with van der Waals surface area (Å²) in [6, 6.07) is 3.58. The van der Waals surface area contributed by atoms with Crippen LogP contribution < -0.4 is 10.0 Å². The van der Waals surface area contributed by atoms with Gasteiger partial charge in [0.1, 0.15) is 11.1 Å². The molecule has 92 valence electrons. The summed E-state index contributed by atoms with van der Waals surface area (Å²) in [5, 5.41) is 4.22. The smallest absolute Gasteiger partial charge is 0.229 e. The highest BCUT2D eigenvalue weighted by Gasteiger charge is 2.38. The van der Waals surface area contributed by atoms with Crippen LogP contribution in [0, 0.1) is 6.92 Å². The normalized spacial score (nSPS) is 20.9. The minimum atomic E-state index is -3.68. The number of pyridine rings is 1. The van der Waals surface area contributed by atoms with Gasteiger partial charge in [-0.05, 0) is 18.6 Å². The molecule has 2 rings (SSSR count). The predicted molar refractivity (Wildman–Crippen MR) is 62.8 cm³/mol. The molecule has 1 amide bonds. The third kappa shape index (κ3) is 2.29. The first-order valence-corrected chi connectivity index (χ1v) is 6.74. The molecule has 0 radical (unpaired) electrons. The maximum Gasteiger partial charge on any atom is 0.229 e. The highest BCUT2D eigenvalue weighted by Crippen LogP contribution is 2.24. The molecule has 1 unspecified atom stereocenters. The summed E-state index contributed by atoms with van der Waals surface area (Å²) in [5.41, 5.74) is 0.830. The highest BCUT2D eigenvalue weighted by atomic mass is 32.2. The number of nitrogens with two attached hydrogens (primary N) is 1. The zero-order valence-electron chi connectivity index (χ0n) is 9.33. The first-order valence-electron chi connectivity index (χ1n) is 5.13. The Balaban J connectivity index is 2.31. The quantitative estimate of drug-likeness (QED) is 0.790. The van der Waals surface area contributed by atoms with Crippen molar-refractivity contribution in [2.45, 2.75) is 18.6 Å². The molecule has 1 aliphatic rings. The van der Waals surface area contributed by atoms with Gasteiger partial charge in [-0.2, -0.15) is 0 Å². The molecular formula is C10H13N3O3S. The molecule has 7 heteroatoms. The number of hydrogen-bond donors (Lipinski definition) is 1. The number of aromatic nitrogens is 1. The van der Waals surface area contributed by atoms with Crippen LogP contribution >= 0.6 is 0 Å². The van der Waals surface area contributed by atoms with Crippen LogP contribution in [0.3, 0.4) is 0 Å². The van der Waals surface area contributed by atoms with Crippen LogP contribution in [0.15, 0.2) is 18.3 Å². The molecule has 17 heavy (non-hydrogen) atoms.